The number of hydrogen-bond donors (Lipinski definition) is 1. The Balaban J connectivity index is 1.85. The zero-order valence-electron chi connectivity index (χ0n) is 8.35. The Morgan fingerprint density at radius 2 is 2.35 bits per heavy atom. The van der Waals surface area contributed by atoms with Gasteiger partial charge in [-0.15, -0.1) is 5.21 Å². The number of aromatic amines is 1. The normalized spacial score (nSPS) is 11.3. The predicted octanol–water partition coefficient (Wildman–Crippen LogP) is 1.24. The summed E-state index contributed by atoms with van der Waals surface area (Å²) in [6.07, 6.45) is 1.58. The third kappa shape index (κ3) is 1.95. The van der Waals surface area contributed by atoms with E-state index in [4.69, 9.17) is 0 Å². The lowest BCUT2D eigenvalue weighted by Gasteiger charge is -1.98. The van der Waals surface area contributed by atoms with Crippen LogP contribution >= 0.6 is 11.7 Å². The number of benzene rings is 1. The first kappa shape index (κ1) is 9.78. The molecule has 0 radical (unpaired) electrons. The van der Waals surface area contributed by atoms with E-state index in [1.807, 2.05) is 18.2 Å². The molecule has 1 aromatic carbocycles. The number of hydrogen-bond acceptors (Lipinski definition) is 7. The standard InChI is InChI=1S/C8H5N8S/c1-2-5(7-6(3-1)13-17-14-7)4-9-10-8-11-15-16-12-8/h1-4H,(H-,10,11,12,15,16)/q-1/b9-4-. The van der Waals surface area contributed by atoms with Gasteiger partial charge < -0.3 is 0 Å². The molecule has 0 saturated heterocycles. The summed E-state index contributed by atoms with van der Waals surface area (Å²) in [5, 5.41) is 16.8. The van der Waals surface area contributed by atoms with Gasteiger partial charge in [0.15, 0.2) is 0 Å². The van der Waals surface area contributed by atoms with Gasteiger partial charge in [0.05, 0.1) is 17.7 Å². The van der Waals surface area contributed by atoms with E-state index in [1.165, 1.54) is 11.7 Å². The molecule has 0 aliphatic rings. The fraction of sp³-hybridized carbons (Fsp3) is 0. The summed E-state index contributed by atoms with van der Waals surface area (Å²) in [6.45, 7) is 0. The van der Waals surface area contributed by atoms with Gasteiger partial charge in [0, 0.05) is 11.8 Å². The van der Waals surface area contributed by atoms with E-state index in [1.54, 1.807) is 6.21 Å². The Labute approximate surface area is 99.1 Å². The van der Waals surface area contributed by atoms with Crippen molar-refractivity contribution in [2.75, 3.05) is 0 Å². The number of fused-ring (bicyclic) bond motifs is 1. The van der Waals surface area contributed by atoms with Crippen molar-refractivity contribution < 1.29 is 0 Å². The molecule has 0 aliphatic heterocycles. The maximum Gasteiger partial charge on any atom is 0.113 e. The maximum absolute atomic E-state index is 4.18. The van der Waals surface area contributed by atoms with Crippen molar-refractivity contribution in [1.82, 2.24) is 29.4 Å². The van der Waals surface area contributed by atoms with E-state index in [2.05, 4.69) is 39.9 Å². The molecule has 0 saturated carbocycles. The lowest BCUT2D eigenvalue weighted by atomic mass is 10.2. The van der Waals surface area contributed by atoms with Gasteiger partial charge in [-0.25, -0.2) is 5.10 Å². The number of aromatic nitrogens is 6. The van der Waals surface area contributed by atoms with Gasteiger partial charge in [-0.2, -0.15) is 8.75 Å². The molecule has 0 aliphatic carbocycles. The van der Waals surface area contributed by atoms with Crippen molar-refractivity contribution in [3.8, 4) is 0 Å². The van der Waals surface area contributed by atoms with Gasteiger partial charge in [-0.3, -0.25) is 20.8 Å². The summed E-state index contributed by atoms with van der Waals surface area (Å²) in [5.74, 6) is 0.185. The molecule has 8 nitrogen and oxygen atoms in total. The summed E-state index contributed by atoms with van der Waals surface area (Å²) in [7, 11) is 0. The summed E-state index contributed by atoms with van der Waals surface area (Å²) >= 11 is 1.17. The van der Waals surface area contributed by atoms with E-state index in [-0.39, 0.29) is 5.95 Å². The topological polar surface area (TPSA) is 107 Å². The summed E-state index contributed by atoms with van der Waals surface area (Å²) in [4.78, 5) is 0. The van der Waals surface area contributed by atoms with Crippen LogP contribution in [0.1, 0.15) is 5.56 Å². The highest BCUT2D eigenvalue weighted by molar-refractivity contribution is 7.00. The van der Waals surface area contributed by atoms with Gasteiger partial charge >= 0.3 is 0 Å². The zero-order valence-corrected chi connectivity index (χ0v) is 9.16. The van der Waals surface area contributed by atoms with Crippen LogP contribution in [-0.4, -0.2) is 35.6 Å². The Morgan fingerprint density at radius 1 is 1.35 bits per heavy atom. The fourth-order valence-corrected chi connectivity index (χ4v) is 1.83. The molecule has 0 atom stereocenters. The number of tetrazole rings is 1. The van der Waals surface area contributed by atoms with E-state index in [0.717, 1.165) is 16.6 Å². The Hall–Kier alpha value is -2.42. The highest BCUT2D eigenvalue weighted by Crippen LogP contribution is 2.15. The second-order valence-electron chi connectivity index (χ2n) is 3.04. The van der Waals surface area contributed by atoms with Crippen LogP contribution in [0.3, 0.4) is 0 Å². The molecule has 0 amide bonds. The summed E-state index contributed by atoms with van der Waals surface area (Å²) in [5.41, 5.74) is 6.27. The number of nitrogens with one attached hydrogen (secondary N) is 1. The van der Waals surface area contributed by atoms with E-state index in [9.17, 15) is 0 Å². The van der Waals surface area contributed by atoms with Crippen LogP contribution in [0.2, 0.25) is 0 Å². The quantitative estimate of drug-likeness (QED) is 0.551. The highest BCUT2D eigenvalue weighted by Gasteiger charge is 2.01. The van der Waals surface area contributed by atoms with Crippen molar-refractivity contribution in [1.29, 1.82) is 0 Å². The molecule has 2 heterocycles. The van der Waals surface area contributed by atoms with Gasteiger partial charge in [-0.05, 0) is 6.07 Å². The van der Waals surface area contributed by atoms with Crippen molar-refractivity contribution in [2.45, 2.75) is 0 Å². The molecular weight excluding hydrogens is 240 g/mol. The Morgan fingerprint density at radius 3 is 3.24 bits per heavy atom. The lowest BCUT2D eigenvalue weighted by molar-refractivity contribution is 0.881. The minimum Gasteiger partial charge on any atom is -0.277 e. The molecule has 3 rings (SSSR count). The summed E-state index contributed by atoms with van der Waals surface area (Å²) in [6, 6.07) is 5.67. The van der Waals surface area contributed by atoms with Gasteiger partial charge in [0.2, 0.25) is 0 Å². The van der Waals surface area contributed by atoms with E-state index < -0.39 is 0 Å². The number of nitrogens with zero attached hydrogens (tertiary/aromatic N) is 7. The molecule has 0 bridgehead atoms. The van der Waals surface area contributed by atoms with Gasteiger partial charge in [-0.1, -0.05) is 12.1 Å². The molecule has 17 heavy (non-hydrogen) atoms. The second-order valence-corrected chi connectivity index (χ2v) is 3.56. The van der Waals surface area contributed by atoms with Crippen LogP contribution in [-0.2, 0) is 0 Å². The monoisotopic (exact) mass is 245 g/mol. The van der Waals surface area contributed by atoms with Crippen molar-refractivity contribution in [3.63, 3.8) is 0 Å². The average molecular weight is 245 g/mol. The zero-order chi connectivity index (χ0) is 11.5. The molecule has 0 unspecified atom stereocenters. The minimum absolute atomic E-state index is 0.185. The Kier molecular flexibility index (Phi) is 2.43. The van der Waals surface area contributed by atoms with E-state index >= 15 is 0 Å². The third-order valence-electron chi connectivity index (χ3n) is 2.00. The minimum atomic E-state index is 0.185. The Bertz CT molecular complexity index is 642. The maximum atomic E-state index is 4.18. The van der Waals surface area contributed by atoms with Crippen LogP contribution < -0.4 is 0 Å². The predicted molar refractivity (Wildman–Crippen MR) is 62.2 cm³/mol. The van der Waals surface area contributed by atoms with Crippen LogP contribution in [0.25, 0.3) is 16.5 Å². The lowest BCUT2D eigenvalue weighted by Crippen LogP contribution is -1.83. The van der Waals surface area contributed by atoms with Gasteiger partial charge in [0.1, 0.15) is 11.0 Å². The van der Waals surface area contributed by atoms with Crippen molar-refractivity contribution >= 4 is 34.9 Å². The third-order valence-corrected chi connectivity index (χ3v) is 2.54. The average Bonchev–Trinajstić information content (AvgIpc) is 2.99. The van der Waals surface area contributed by atoms with Crippen LogP contribution in [0.4, 0.5) is 5.95 Å². The molecule has 9 heteroatoms. The molecule has 84 valence electrons. The molecule has 0 spiro atoms. The van der Waals surface area contributed by atoms with Gasteiger partial charge in [0.25, 0.3) is 0 Å². The fourth-order valence-electron chi connectivity index (χ4n) is 1.27. The first-order chi connectivity index (χ1) is 8.43. The number of rotatable bonds is 3. The van der Waals surface area contributed by atoms with Crippen LogP contribution in [0.15, 0.2) is 23.3 Å². The van der Waals surface area contributed by atoms with Crippen molar-refractivity contribution in [2.24, 2.45) is 5.10 Å². The van der Waals surface area contributed by atoms with E-state index in [0.29, 0.717) is 0 Å². The second kappa shape index (κ2) is 4.22. The molecule has 3 aromatic rings. The SMILES string of the molecule is C(=N/[N-]c1nn[nH]n1)/c1cccc2nsnc12. The molecule has 0 fully saturated rings. The van der Waals surface area contributed by atoms with Crippen LogP contribution in [0, 0.1) is 0 Å². The molecule has 2 aromatic heterocycles. The largest absolute Gasteiger partial charge is 0.277 e. The first-order valence-corrected chi connectivity index (χ1v) is 5.35. The number of H-pyrrole nitrogens is 1. The van der Waals surface area contributed by atoms with Crippen LogP contribution in [0.5, 0.6) is 0 Å². The van der Waals surface area contributed by atoms with Crippen molar-refractivity contribution in [3.05, 3.63) is 29.2 Å². The summed E-state index contributed by atoms with van der Waals surface area (Å²) < 4.78 is 8.32. The first-order valence-electron chi connectivity index (χ1n) is 4.62. The smallest absolute Gasteiger partial charge is 0.113 e. The molecular formula is C8H5N8S-. The highest BCUT2D eigenvalue weighted by atomic mass is 32.1. The molecule has 1 N–H and O–H groups in total.